The number of rotatable bonds is 10. The zero-order valence-corrected chi connectivity index (χ0v) is 26.1. The van der Waals surface area contributed by atoms with Crippen molar-refractivity contribution in [2.75, 3.05) is 6.61 Å². The zero-order chi connectivity index (χ0) is 29.2. The SMILES string of the molecule is CCOC(=O)CC(NC(=O)c1ccc(Cl)cc1)[C@H]1[C@@H]2CC(O[Si](c3ccccc3)(c3ccccc3)C(C)(C)C)C[C@@H]21. The number of fused-ring (bicyclic) bond motifs is 1. The fourth-order valence-electron chi connectivity index (χ4n) is 7.01. The average molecular weight is 590 g/mol. The predicted molar refractivity (Wildman–Crippen MR) is 166 cm³/mol. The Morgan fingerprint density at radius 1 is 0.902 bits per heavy atom. The monoisotopic (exact) mass is 589 g/mol. The second-order valence-corrected chi connectivity index (χ2v) is 17.1. The summed E-state index contributed by atoms with van der Waals surface area (Å²) >= 11 is 6.01. The van der Waals surface area contributed by atoms with E-state index < -0.39 is 8.32 Å². The molecule has 2 aliphatic rings. The highest BCUT2D eigenvalue weighted by atomic mass is 35.5. The summed E-state index contributed by atoms with van der Waals surface area (Å²) < 4.78 is 12.7. The average Bonchev–Trinajstić information content (AvgIpc) is 3.45. The molecule has 5 atom stereocenters. The van der Waals surface area contributed by atoms with E-state index in [4.69, 9.17) is 20.8 Å². The second kappa shape index (κ2) is 12.1. The highest BCUT2D eigenvalue weighted by molar-refractivity contribution is 6.99. The van der Waals surface area contributed by atoms with Crippen molar-refractivity contribution in [1.82, 2.24) is 5.32 Å². The van der Waals surface area contributed by atoms with Crippen molar-refractivity contribution in [3.05, 3.63) is 95.5 Å². The number of amides is 1. The molecule has 0 heterocycles. The number of esters is 1. The third-order valence-corrected chi connectivity index (χ3v) is 14.2. The van der Waals surface area contributed by atoms with Crippen LogP contribution in [-0.4, -0.2) is 38.9 Å². The highest BCUT2D eigenvalue weighted by Gasteiger charge is 2.62. The van der Waals surface area contributed by atoms with E-state index >= 15 is 0 Å². The van der Waals surface area contributed by atoms with Crippen LogP contribution in [0.2, 0.25) is 10.1 Å². The standard InChI is InChI=1S/C34H40ClNO4Si/c1-5-39-31(37)22-30(36-33(38)23-16-18-24(35)19-17-23)32-28-20-25(21-29(28)32)40-41(34(2,3)4,26-12-8-6-9-13-26)27-14-10-7-11-15-27/h6-19,25,28-30,32H,5,20-22H2,1-4H3,(H,36,38)/t25?,28-,29+,30?,32+. The number of nitrogens with one attached hydrogen (secondary N) is 1. The summed E-state index contributed by atoms with van der Waals surface area (Å²) in [6, 6.07) is 28.0. The molecule has 2 fully saturated rings. The minimum atomic E-state index is -2.64. The van der Waals surface area contributed by atoms with Crippen LogP contribution in [0, 0.1) is 17.8 Å². The van der Waals surface area contributed by atoms with Crippen molar-refractivity contribution in [2.24, 2.45) is 17.8 Å². The lowest BCUT2D eigenvalue weighted by molar-refractivity contribution is -0.143. The van der Waals surface area contributed by atoms with E-state index in [1.807, 2.05) is 0 Å². The Labute approximate surface area is 249 Å². The molecule has 0 aromatic heterocycles. The molecule has 41 heavy (non-hydrogen) atoms. The first-order valence-electron chi connectivity index (χ1n) is 14.6. The van der Waals surface area contributed by atoms with E-state index in [2.05, 4.69) is 86.8 Å². The summed E-state index contributed by atoms with van der Waals surface area (Å²) in [6.07, 6.45) is 2.15. The molecule has 3 aromatic carbocycles. The van der Waals surface area contributed by atoms with Crippen molar-refractivity contribution in [1.29, 1.82) is 0 Å². The van der Waals surface area contributed by atoms with Gasteiger partial charge in [0.25, 0.3) is 14.2 Å². The maximum absolute atomic E-state index is 13.1. The molecule has 5 rings (SSSR count). The fraction of sp³-hybridized carbons (Fsp3) is 0.412. The summed E-state index contributed by atoms with van der Waals surface area (Å²) in [5.74, 6) is 0.570. The van der Waals surface area contributed by atoms with Crippen LogP contribution in [0.4, 0.5) is 0 Å². The van der Waals surface area contributed by atoms with Crippen molar-refractivity contribution in [3.63, 3.8) is 0 Å². The first-order valence-corrected chi connectivity index (χ1v) is 16.9. The van der Waals surface area contributed by atoms with Gasteiger partial charge in [0, 0.05) is 22.7 Å². The summed E-state index contributed by atoms with van der Waals surface area (Å²) in [5.41, 5.74) is 0.530. The molecule has 1 N–H and O–H groups in total. The summed E-state index contributed by atoms with van der Waals surface area (Å²) in [6.45, 7) is 9.04. The first-order chi connectivity index (χ1) is 19.6. The molecule has 2 aliphatic carbocycles. The molecule has 7 heteroatoms. The quantitative estimate of drug-likeness (QED) is 0.233. The van der Waals surface area contributed by atoms with Crippen LogP contribution in [0.5, 0.6) is 0 Å². The van der Waals surface area contributed by atoms with Gasteiger partial charge in [0.1, 0.15) is 0 Å². The molecule has 0 spiro atoms. The molecule has 0 radical (unpaired) electrons. The maximum Gasteiger partial charge on any atom is 0.307 e. The molecule has 2 saturated carbocycles. The predicted octanol–water partition coefficient (Wildman–Crippen LogP) is 5.99. The van der Waals surface area contributed by atoms with Gasteiger partial charge in [-0.2, -0.15) is 0 Å². The van der Waals surface area contributed by atoms with Crippen LogP contribution < -0.4 is 15.7 Å². The van der Waals surface area contributed by atoms with Crippen LogP contribution in [0.1, 0.15) is 57.3 Å². The Hall–Kier alpha value is -2.93. The van der Waals surface area contributed by atoms with Gasteiger partial charge in [-0.15, -0.1) is 0 Å². The van der Waals surface area contributed by atoms with Gasteiger partial charge >= 0.3 is 5.97 Å². The van der Waals surface area contributed by atoms with Crippen molar-refractivity contribution in [2.45, 2.75) is 64.1 Å². The molecular formula is C34H40ClNO4Si. The van der Waals surface area contributed by atoms with Gasteiger partial charge in [-0.3, -0.25) is 9.59 Å². The minimum absolute atomic E-state index is 0.0825. The largest absolute Gasteiger partial charge is 0.466 e. The fourth-order valence-corrected chi connectivity index (χ4v) is 11.8. The summed E-state index contributed by atoms with van der Waals surface area (Å²) in [4.78, 5) is 25.6. The Morgan fingerprint density at radius 2 is 1.44 bits per heavy atom. The molecule has 1 amide bonds. The molecule has 3 aromatic rings. The summed E-state index contributed by atoms with van der Waals surface area (Å²) in [7, 11) is -2.64. The minimum Gasteiger partial charge on any atom is -0.466 e. The number of hydrogen-bond acceptors (Lipinski definition) is 4. The molecule has 216 valence electrons. The first kappa shape index (κ1) is 29.6. The lowest BCUT2D eigenvalue weighted by atomic mass is 9.99. The van der Waals surface area contributed by atoms with Crippen LogP contribution in [0.25, 0.3) is 0 Å². The summed E-state index contributed by atoms with van der Waals surface area (Å²) in [5, 5.41) is 6.22. The van der Waals surface area contributed by atoms with Crippen molar-refractivity contribution >= 4 is 42.2 Å². The number of carbonyl (C=O) groups is 2. The van der Waals surface area contributed by atoms with Gasteiger partial charge in [0.2, 0.25) is 0 Å². The van der Waals surface area contributed by atoms with E-state index in [9.17, 15) is 9.59 Å². The van der Waals surface area contributed by atoms with E-state index in [-0.39, 0.29) is 41.4 Å². The van der Waals surface area contributed by atoms with E-state index in [1.165, 1.54) is 10.4 Å². The lowest BCUT2D eigenvalue weighted by Gasteiger charge is -2.45. The second-order valence-electron chi connectivity index (χ2n) is 12.4. The number of ether oxygens (including phenoxy) is 1. The zero-order valence-electron chi connectivity index (χ0n) is 24.3. The molecule has 0 bridgehead atoms. The van der Waals surface area contributed by atoms with Gasteiger partial charge in [-0.1, -0.05) is 93.0 Å². The number of hydrogen-bond donors (Lipinski definition) is 1. The molecule has 0 saturated heterocycles. The molecule has 2 unspecified atom stereocenters. The van der Waals surface area contributed by atoms with Crippen LogP contribution in [0.3, 0.4) is 0 Å². The number of halogens is 1. The van der Waals surface area contributed by atoms with Gasteiger partial charge < -0.3 is 14.5 Å². The van der Waals surface area contributed by atoms with E-state index in [0.29, 0.717) is 29.0 Å². The molecule has 0 aliphatic heterocycles. The van der Waals surface area contributed by atoms with E-state index in [1.54, 1.807) is 31.2 Å². The van der Waals surface area contributed by atoms with Crippen molar-refractivity contribution in [3.8, 4) is 0 Å². The third kappa shape index (κ3) is 6.15. The Morgan fingerprint density at radius 3 is 1.93 bits per heavy atom. The number of benzene rings is 3. The van der Waals surface area contributed by atoms with Crippen LogP contribution in [0.15, 0.2) is 84.9 Å². The highest BCUT2D eigenvalue weighted by Crippen LogP contribution is 2.61. The van der Waals surface area contributed by atoms with Crippen molar-refractivity contribution < 1.29 is 18.8 Å². The lowest BCUT2D eigenvalue weighted by Crippen LogP contribution is -2.67. The van der Waals surface area contributed by atoms with Gasteiger partial charge in [-0.05, 0) is 77.2 Å². The Bertz CT molecular complexity index is 1290. The Kier molecular flexibility index (Phi) is 8.74. The molecule has 5 nitrogen and oxygen atoms in total. The maximum atomic E-state index is 13.1. The van der Waals surface area contributed by atoms with Crippen LogP contribution >= 0.6 is 11.6 Å². The number of carbonyl (C=O) groups excluding carboxylic acids is 2. The van der Waals surface area contributed by atoms with E-state index in [0.717, 1.165) is 12.8 Å². The van der Waals surface area contributed by atoms with Gasteiger partial charge in [0.15, 0.2) is 0 Å². The third-order valence-electron chi connectivity index (χ3n) is 8.81. The van der Waals surface area contributed by atoms with Gasteiger partial charge in [0.05, 0.1) is 13.0 Å². The molecular weight excluding hydrogens is 550 g/mol. The normalized spacial score (nSPS) is 22.5. The van der Waals surface area contributed by atoms with Crippen LogP contribution in [-0.2, 0) is 14.0 Å². The smallest absolute Gasteiger partial charge is 0.307 e. The Balaban J connectivity index is 1.35. The van der Waals surface area contributed by atoms with Gasteiger partial charge in [-0.25, -0.2) is 0 Å². The topological polar surface area (TPSA) is 64.6 Å².